The average molecular weight is 342 g/mol. The van der Waals surface area contributed by atoms with Crippen molar-refractivity contribution in [2.75, 3.05) is 0 Å². The van der Waals surface area contributed by atoms with Crippen LogP contribution in [0.15, 0.2) is 36.0 Å². The first-order valence-corrected chi connectivity index (χ1v) is 8.83. The topological polar surface area (TPSA) is 79.5 Å². The van der Waals surface area contributed by atoms with Gasteiger partial charge in [-0.25, -0.2) is 4.98 Å². The zero-order valence-corrected chi connectivity index (χ0v) is 14.0. The van der Waals surface area contributed by atoms with Crippen LogP contribution in [0, 0.1) is 12.8 Å². The fraction of sp³-hybridized carbons (Fsp3) is 0.353. The van der Waals surface area contributed by atoms with Gasteiger partial charge in [0.2, 0.25) is 0 Å². The third-order valence-electron chi connectivity index (χ3n) is 4.48. The molecule has 2 N–H and O–H groups in total. The van der Waals surface area contributed by atoms with Crippen molar-refractivity contribution in [3.8, 4) is 0 Å². The Hall–Kier alpha value is -2.25. The van der Waals surface area contributed by atoms with Gasteiger partial charge < -0.3 is 10.4 Å². The van der Waals surface area contributed by atoms with Gasteiger partial charge in [0.25, 0.3) is 5.91 Å². The molecule has 1 aliphatic carbocycles. The maximum Gasteiger partial charge on any atom is 0.269 e. The summed E-state index contributed by atoms with van der Waals surface area (Å²) >= 11 is 1.45. The second kappa shape index (κ2) is 5.99. The number of thiazole rings is 1. The molecule has 0 unspecified atom stereocenters. The minimum absolute atomic E-state index is 0.143. The standard InChI is InChI=1S/C17H18N4O2S/c1-10-8-21-14(9-24-17(21)19-10)16(23)20-15(11-6-12(22)7-11)13-4-2-3-5-18-13/h2-5,8-9,11-12,15,22H,6-7H2,1H3,(H,20,23)/t11?,12?,15-/m1/s1. The summed E-state index contributed by atoms with van der Waals surface area (Å²) in [5.74, 6) is 0.0631. The van der Waals surface area contributed by atoms with Gasteiger partial charge in [0.05, 0.1) is 23.5 Å². The predicted octanol–water partition coefficient (Wildman–Crippen LogP) is 2.34. The molecule has 1 fully saturated rings. The van der Waals surface area contributed by atoms with Gasteiger partial charge in [-0.05, 0) is 37.8 Å². The van der Waals surface area contributed by atoms with Gasteiger partial charge in [-0.2, -0.15) is 0 Å². The Balaban J connectivity index is 1.61. The fourth-order valence-electron chi connectivity index (χ4n) is 3.17. The maximum atomic E-state index is 12.8. The lowest BCUT2D eigenvalue weighted by molar-refractivity contribution is 0.0227. The Bertz CT molecular complexity index is 867. The molecule has 1 saturated carbocycles. The van der Waals surface area contributed by atoms with E-state index < -0.39 is 0 Å². The van der Waals surface area contributed by atoms with Crippen LogP contribution >= 0.6 is 11.3 Å². The lowest BCUT2D eigenvalue weighted by Gasteiger charge is -2.37. The molecule has 3 heterocycles. The van der Waals surface area contributed by atoms with E-state index in [1.54, 1.807) is 6.20 Å². The van der Waals surface area contributed by atoms with E-state index in [4.69, 9.17) is 0 Å². The maximum absolute atomic E-state index is 12.8. The highest BCUT2D eigenvalue weighted by Gasteiger charge is 2.36. The van der Waals surface area contributed by atoms with Crippen molar-refractivity contribution in [1.29, 1.82) is 0 Å². The molecule has 3 aromatic heterocycles. The number of carbonyl (C=O) groups excluding carboxylic acids is 1. The van der Waals surface area contributed by atoms with Crippen molar-refractivity contribution < 1.29 is 9.90 Å². The quantitative estimate of drug-likeness (QED) is 0.763. The predicted molar refractivity (Wildman–Crippen MR) is 91.0 cm³/mol. The van der Waals surface area contributed by atoms with Gasteiger partial charge in [-0.15, -0.1) is 11.3 Å². The Morgan fingerprint density at radius 2 is 2.29 bits per heavy atom. The molecule has 0 saturated heterocycles. The van der Waals surface area contributed by atoms with Gasteiger partial charge >= 0.3 is 0 Å². The molecule has 0 spiro atoms. The van der Waals surface area contributed by atoms with Crippen molar-refractivity contribution >= 4 is 22.2 Å². The van der Waals surface area contributed by atoms with Crippen molar-refractivity contribution in [3.05, 3.63) is 53.1 Å². The summed E-state index contributed by atoms with van der Waals surface area (Å²) in [6.45, 7) is 1.91. The summed E-state index contributed by atoms with van der Waals surface area (Å²) in [5, 5.41) is 14.6. The van der Waals surface area contributed by atoms with Gasteiger partial charge in [-0.3, -0.25) is 14.2 Å². The molecule has 1 amide bonds. The molecule has 1 atom stereocenters. The van der Waals surface area contributed by atoms with Crippen LogP contribution in [-0.4, -0.2) is 31.5 Å². The lowest BCUT2D eigenvalue weighted by atomic mass is 9.76. The van der Waals surface area contributed by atoms with Crippen LogP contribution in [0.5, 0.6) is 0 Å². The number of pyridine rings is 1. The highest BCUT2D eigenvalue weighted by atomic mass is 32.1. The van der Waals surface area contributed by atoms with Crippen molar-refractivity contribution in [2.24, 2.45) is 5.92 Å². The zero-order chi connectivity index (χ0) is 16.7. The lowest BCUT2D eigenvalue weighted by Crippen LogP contribution is -2.42. The summed E-state index contributed by atoms with van der Waals surface area (Å²) in [4.78, 5) is 22.4. The summed E-state index contributed by atoms with van der Waals surface area (Å²) < 4.78 is 1.82. The van der Waals surface area contributed by atoms with E-state index in [0.29, 0.717) is 18.5 Å². The molecule has 6 nitrogen and oxygen atoms in total. The number of hydrogen-bond acceptors (Lipinski definition) is 5. The summed E-state index contributed by atoms with van der Waals surface area (Å²) in [6, 6.07) is 5.50. The van der Waals surface area contributed by atoms with E-state index in [1.165, 1.54) is 11.3 Å². The van der Waals surface area contributed by atoms with E-state index in [1.807, 2.05) is 41.1 Å². The third-order valence-corrected chi connectivity index (χ3v) is 5.32. The largest absolute Gasteiger partial charge is 0.393 e. The fourth-order valence-corrected chi connectivity index (χ4v) is 4.07. The molecule has 4 rings (SSSR count). The van der Waals surface area contributed by atoms with Crippen LogP contribution in [0.25, 0.3) is 4.96 Å². The number of aliphatic hydroxyl groups excluding tert-OH is 1. The Morgan fingerprint density at radius 1 is 1.46 bits per heavy atom. The zero-order valence-electron chi connectivity index (χ0n) is 13.2. The van der Waals surface area contributed by atoms with Gasteiger partial charge in [0.1, 0.15) is 5.69 Å². The van der Waals surface area contributed by atoms with Crippen LogP contribution in [-0.2, 0) is 0 Å². The number of amides is 1. The Labute approximate surface area is 143 Å². The van der Waals surface area contributed by atoms with Crippen LogP contribution in [0.4, 0.5) is 0 Å². The monoisotopic (exact) mass is 342 g/mol. The molecule has 24 heavy (non-hydrogen) atoms. The van der Waals surface area contributed by atoms with E-state index in [0.717, 1.165) is 16.3 Å². The van der Waals surface area contributed by atoms with Crippen molar-refractivity contribution in [1.82, 2.24) is 19.7 Å². The molecule has 0 radical (unpaired) electrons. The number of nitrogens with zero attached hydrogens (tertiary/aromatic N) is 3. The number of hydrogen-bond donors (Lipinski definition) is 2. The number of fused-ring (bicyclic) bond motifs is 1. The number of aromatic nitrogens is 3. The van der Waals surface area contributed by atoms with E-state index in [2.05, 4.69) is 15.3 Å². The molecule has 7 heteroatoms. The molecular weight excluding hydrogens is 324 g/mol. The minimum Gasteiger partial charge on any atom is -0.393 e. The number of aliphatic hydroxyl groups is 1. The van der Waals surface area contributed by atoms with E-state index >= 15 is 0 Å². The van der Waals surface area contributed by atoms with Crippen molar-refractivity contribution in [2.45, 2.75) is 31.9 Å². The first-order chi connectivity index (χ1) is 11.6. The van der Waals surface area contributed by atoms with Crippen molar-refractivity contribution in [3.63, 3.8) is 0 Å². The van der Waals surface area contributed by atoms with Gasteiger partial charge in [0.15, 0.2) is 4.96 Å². The second-order valence-corrected chi connectivity index (χ2v) is 7.08. The molecule has 124 valence electrons. The van der Waals surface area contributed by atoms with Crippen LogP contribution in [0.2, 0.25) is 0 Å². The SMILES string of the molecule is Cc1cn2c(C(=O)N[C@@H](c3ccccn3)C3CC(O)C3)csc2n1. The van der Waals surface area contributed by atoms with Gasteiger partial charge in [0, 0.05) is 17.8 Å². The highest BCUT2D eigenvalue weighted by Crippen LogP contribution is 2.37. The summed E-state index contributed by atoms with van der Waals surface area (Å²) in [5.41, 5.74) is 2.30. The average Bonchev–Trinajstić information content (AvgIpc) is 3.09. The smallest absolute Gasteiger partial charge is 0.269 e. The highest BCUT2D eigenvalue weighted by molar-refractivity contribution is 7.15. The third kappa shape index (κ3) is 2.70. The minimum atomic E-state index is -0.276. The molecule has 1 aliphatic rings. The normalized spacial score (nSPS) is 21.4. The number of imidazole rings is 1. The number of rotatable bonds is 4. The number of nitrogens with one attached hydrogen (secondary N) is 1. The first kappa shape index (κ1) is 15.3. The number of aryl methyl sites for hydroxylation is 1. The van der Waals surface area contributed by atoms with Crippen LogP contribution in [0.1, 0.15) is 40.8 Å². The number of carbonyl (C=O) groups is 1. The molecular formula is C17H18N4O2S. The Kier molecular flexibility index (Phi) is 3.82. The van der Waals surface area contributed by atoms with Crippen LogP contribution in [0.3, 0.4) is 0 Å². The molecule has 0 bridgehead atoms. The van der Waals surface area contributed by atoms with Crippen LogP contribution < -0.4 is 5.32 Å². The van der Waals surface area contributed by atoms with E-state index in [9.17, 15) is 9.90 Å². The molecule has 0 aliphatic heterocycles. The second-order valence-electron chi connectivity index (χ2n) is 6.25. The molecule has 3 aromatic rings. The summed E-state index contributed by atoms with van der Waals surface area (Å²) in [6.07, 6.45) is 4.69. The van der Waals surface area contributed by atoms with Gasteiger partial charge in [-0.1, -0.05) is 6.07 Å². The molecule has 0 aromatic carbocycles. The Morgan fingerprint density at radius 3 is 3.00 bits per heavy atom. The van der Waals surface area contributed by atoms with E-state index in [-0.39, 0.29) is 24.0 Å². The summed E-state index contributed by atoms with van der Waals surface area (Å²) in [7, 11) is 0. The first-order valence-electron chi connectivity index (χ1n) is 7.95.